The lowest BCUT2D eigenvalue weighted by molar-refractivity contribution is -0.302. The Hall–Kier alpha value is -2.38. The molecular formula is C71H131NO10. The van der Waals surface area contributed by atoms with E-state index in [2.05, 4.69) is 55.6 Å². The summed E-state index contributed by atoms with van der Waals surface area (Å²) in [6.45, 7) is 4.31. The Morgan fingerprint density at radius 2 is 0.817 bits per heavy atom. The molecule has 6 N–H and O–H groups in total. The summed E-state index contributed by atoms with van der Waals surface area (Å²) in [5, 5.41) is 54.3. The number of hydrogen-bond acceptors (Lipinski definition) is 10. The normalized spacial score (nSPS) is 18.5. The number of esters is 1. The van der Waals surface area contributed by atoms with Gasteiger partial charge in [0.2, 0.25) is 5.91 Å². The molecule has 0 saturated carbocycles. The van der Waals surface area contributed by atoms with Gasteiger partial charge in [-0.25, -0.2) is 0 Å². The molecule has 0 aliphatic carbocycles. The van der Waals surface area contributed by atoms with Crippen LogP contribution in [-0.2, 0) is 23.8 Å². The molecule has 7 unspecified atom stereocenters. The van der Waals surface area contributed by atoms with Crippen LogP contribution in [0.3, 0.4) is 0 Å². The minimum absolute atomic E-state index is 0.00115. The highest BCUT2D eigenvalue weighted by atomic mass is 16.7. The molecule has 11 nitrogen and oxygen atoms in total. The fraction of sp³-hybridized carbons (Fsp3) is 0.859. The molecule has 11 heteroatoms. The van der Waals surface area contributed by atoms with E-state index in [9.17, 15) is 35.1 Å². The van der Waals surface area contributed by atoms with Crippen molar-refractivity contribution in [2.24, 2.45) is 0 Å². The van der Waals surface area contributed by atoms with Crippen molar-refractivity contribution in [1.29, 1.82) is 0 Å². The standard InChI is InChI=1S/C71H131NO10/c1-3-5-7-9-11-13-14-15-16-29-33-36-39-43-47-51-55-59-67(76)80-60-56-52-48-44-40-37-34-31-28-26-24-22-20-18-17-19-21-23-25-27-30-32-35-38-42-46-50-54-58-66(75)72-63(64(74)57-53-49-45-41-12-10-8-6-4-2)62-81-71-70(79)69(78)68(77)65(61-73)82-71/h11,13,15-18,53,57,63-65,68-71,73-74,77-79H,3-10,12,14,19-52,54-56,58-62H2,1-2H3,(H,72,75)/b13-11-,16-15-,18-17-,57-53+. The van der Waals surface area contributed by atoms with Crippen molar-refractivity contribution in [3.05, 3.63) is 48.6 Å². The smallest absolute Gasteiger partial charge is 0.305 e. The van der Waals surface area contributed by atoms with E-state index in [-0.39, 0.29) is 18.5 Å². The van der Waals surface area contributed by atoms with Crippen LogP contribution in [0.25, 0.3) is 0 Å². The van der Waals surface area contributed by atoms with Crippen LogP contribution < -0.4 is 5.32 Å². The third-order valence-electron chi connectivity index (χ3n) is 16.4. The number of allylic oxidation sites excluding steroid dienone is 7. The fourth-order valence-electron chi connectivity index (χ4n) is 10.9. The topological polar surface area (TPSA) is 175 Å². The van der Waals surface area contributed by atoms with Gasteiger partial charge in [0.05, 0.1) is 32.0 Å². The van der Waals surface area contributed by atoms with Gasteiger partial charge in [-0.15, -0.1) is 0 Å². The zero-order chi connectivity index (χ0) is 59.5. The highest BCUT2D eigenvalue weighted by Gasteiger charge is 2.44. The van der Waals surface area contributed by atoms with E-state index >= 15 is 0 Å². The largest absolute Gasteiger partial charge is 0.466 e. The molecule has 82 heavy (non-hydrogen) atoms. The number of hydrogen-bond donors (Lipinski definition) is 6. The first kappa shape index (κ1) is 77.6. The Balaban J connectivity index is 1.92. The molecule has 1 rings (SSSR count). The third-order valence-corrected chi connectivity index (χ3v) is 16.4. The summed E-state index contributed by atoms with van der Waals surface area (Å²) >= 11 is 0. The van der Waals surface area contributed by atoms with E-state index in [1.807, 2.05) is 6.08 Å². The third kappa shape index (κ3) is 48.8. The summed E-state index contributed by atoms with van der Waals surface area (Å²) < 4.78 is 16.7. The van der Waals surface area contributed by atoms with Crippen molar-refractivity contribution in [1.82, 2.24) is 5.32 Å². The van der Waals surface area contributed by atoms with Crippen molar-refractivity contribution in [3.8, 4) is 0 Å². The van der Waals surface area contributed by atoms with Crippen LogP contribution in [0.15, 0.2) is 48.6 Å². The molecule has 7 atom stereocenters. The van der Waals surface area contributed by atoms with E-state index < -0.39 is 49.5 Å². The highest BCUT2D eigenvalue weighted by Crippen LogP contribution is 2.23. The lowest BCUT2D eigenvalue weighted by Gasteiger charge is -2.40. The molecule has 480 valence electrons. The first-order valence-electron chi connectivity index (χ1n) is 34.9. The van der Waals surface area contributed by atoms with Crippen molar-refractivity contribution >= 4 is 11.9 Å². The number of unbranched alkanes of at least 4 members (excludes halogenated alkanes) is 41. The van der Waals surface area contributed by atoms with Crippen LogP contribution in [0.2, 0.25) is 0 Å². The Bertz CT molecular complexity index is 1500. The molecule has 1 amide bonds. The average molecular weight is 1160 g/mol. The summed E-state index contributed by atoms with van der Waals surface area (Å²) in [5.41, 5.74) is 0. The van der Waals surface area contributed by atoms with Crippen LogP contribution in [0.1, 0.15) is 328 Å². The molecule has 0 spiro atoms. The molecule has 1 aliphatic rings. The lowest BCUT2D eigenvalue weighted by atomic mass is 9.99. The van der Waals surface area contributed by atoms with Crippen LogP contribution in [0.4, 0.5) is 0 Å². The van der Waals surface area contributed by atoms with Gasteiger partial charge in [-0.05, 0) is 89.9 Å². The number of amides is 1. The second-order valence-electron chi connectivity index (χ2n) is 24.2. The minimum Gasteiger partial charge on any atom is -0.466 e. The Morgan fingerprint density at radius 3 is 1.27 bits per heavy atom. The van der Waals surface area contributed by atoms with Gasteiger partial charge in [0, 0.05) is 12.8 Å². The van der Waals surface area contributed by atoms with Crippen LogP contribution in [0.5, 0.6) is 0 Å². The van der Waals surface area contributed by atoms with Crippen LogP contribution in [0, 0.1) is 0 Å². The van der Waals surface area contributed by atoms with Gasteiger partial charge in [-0.3, -0.25) is 9.59 Å². The van der Waals surface area contributed by atoms with E-state index in [1.165, 1.54) is 238 Å². The Labute approximate surface area is 504 Å². The van der Waals surface area contributed by atoms with Crippen molar-refractivity contribution in [2.45, 2.75) is 371 Å². The summed E-state index contributed by atoms with van der Waals surface area (Å²) in [6.07, 6.45) is 68.2. The molecule has 0 aromatic heterocycles. The van der Waals surface area contributed by atoms with Crippen molar-refractivity contribution in [3.63, 3.8) is 0 Å². The number of aliphatic hydroxyl groups excluding tert-OH is 5. The number of rotatable bonds is 61. The van der Waals surface area contributed by atoms with Crippen LogP contribution in [-0.4, -0.2) is 100 Å². The maximum atomic E-state index is 13.0. The van der Waals surface area contributed by atoms with E-state index in [0.717, 1.165) is 64.2 Å². The number of carbonyl (C=O) groups is 2. The van der Waals surface area contributed by atoms with Crippen molar-refractivity contribution < 1.29 is 49.3 Å². The second-order valence-corrected chi connectivity index (χ2v) is 24.2. The first-order valence-corrected chi connectivity index (χ1v) is 34.9. The molecule has 1 saturated heterocycles. The molecule has 0 aromatic rings. The Kier molecular flexibility index (Phi) is 57.1. The molecule has 1 aliphatic heterocycles. The molecule has 1 fully saturated rings. The van der Waals surface area contributed by atoms with E-state index in [0.29, 0.717) is 19.4 Å². The quantitative estimate of drug-likeness (QED) is 0.0195. The summed E-state index contributed by atoms with van der Waals surface area (Å²) in [4.78, 5) is 25.1. The van der Waals surface area contributed by atoms with Gasteiger partial charge in [0.15, 0.2) is 6.29 Å². The summed E-state index contributed by atoms with van der Waals surface area (Å²) in [5.74, 6) is -0.184. The van der Waals surface area contributed by atoms with E-state index in [1.54, 1.807) is 6.08 Å². The number of ether oxygens (including phenoxy) is 3. The van der Waals surface area contributed by atoms with Crippen LogP contribution >= 0.6 is 0 Å². The SMILES string of the molecule is CCCCC/C=C\C/C=C\CCCCCCCCCC(=O)OCCCCCCCCCCCCCC/C=C\CCCCCCCCCCCCCCC(=O)NC(COC1OC(CO)C(O)C(O)C1O)C(O)/C=C/CCCCCCCCC. The van der Waals surface area contributed by atoms with Gasteiger partial charge < -0.3 is 45.1 Å². The number of aliphatic hydroxyl groups is 5. The summed E-state index contributed by atoms with van der Waals surface area (Å²) in [6, 6.07) is -0.809. The Morgan fingerprint density at radius 1 is 0.451 bits per heavy atom. The van der Waals surface area contributed by atoms with Gasteiger partial charge in [0.25, 0.3) is 0 Å². The average Bonchev–Trinajstić information content (AvgIpc) is 3.63. The first-order chi connectivity index (χ1) is 40.2. The number of carbonyl (C=O) groups excluding carboxylic acids is 2. The maximum absolute atomic E-state index is 13.0. The molecule has 1 heterocycles. The zero-order valence-electron chi connectivity index (χ0n) is 53.2. The van der Waals surface area contributed by atoms with Gasteiger partial charge in [0.1, 0.15) is 24.4 Å². The highest BCUT2D eigenvalue weighted by molar-refractivity contribution is 5.76. The van der Waals surface area contributed by atoms with Crippen molar-refractivity contribution in [2.75, 3.05) is 19.8 Å². The van der Waals surface area contributed by atoms with Gasteiger partial charge in [-0.1, -0.05) is 274 Å². The minimum atomic E-state index is -1.57. The fourth-order valence-corrected chi connectivity index (χ4v) is 10.9. The van der Waals surface area contributed by atoms with Gasteiger partial charge in [-0.2, -0.15) is 0 Å². The predicted octanol–water partition coefficient (Wildman–Crippen LogP) is 17.6. The molecule has 0 radical (unpaired) electrons. The zero-order valence-corrected chi connectivity index (χ0v) is 53.2. The molecule has 0 bridgehead atoms. The monoisotopic (exact) mass is 1160 g/mol. The van der Waals surface area contributed by atoms with Gasteiger partial charge >= 0.3 is 5.97 Å². The molecular weight excluding hydrogens is 1030 g/mol. The van der Waals surface area contributed by atoms with E-state index in [4.69, 9.17) is 14.2 Å². The summed E-state index contributed by atoms with van der Waals surface area (Å²) in [7, 11) is 0. The molecule has 0 aromatic carbocycles. The predicted molar refractivity (Wildman–Crippen MR) is 343 cm³/mol. The lowest BCUT2D eigenvalue weighted by Crippen LogP contribution is -2.60. The number of nitrogens with one attached hydrogen (secondary N) is 1. The maximum Gasteiger partial charge on any atom is 0.305 e. The second kappa shape index (κ2) is 60.3.